The zero-order chi connectivity index (χ0) is 30.2. The van der Waals surface area contributed by atoms with E-state index in [0.717, 1.165) is 11.4 Å². The molecule has 3 nitrogen and oxygen atoms in total. The number of para-hydroxylation sites is 5. The molecule has 2 unspecified atom stereocenters. The molecule has 0 radical (unpaired) electrons. The standard InChI is InChI=1S/C42H30BN3/c1-3-15-29(16-4-1)44-38-25-13-9-21-34(38)43-35-22-10-14-26-39(35)45(30-17-5-2-6-18-30)41-28-31(27-40(44)42(41)43)46-36-23-11-7-19-32(36)33-20-8-12-24-37(33)46/h1-28,32,36H. The van der Waals surface area contributed by atoms with Crippen LogP contribution in [0.2, 0.25) is 0 Å². The Balaban J connectivity index is 1.32. The molecule has 4 aliphatic rings. The summed E-state index contributed by atoms with van der Waals surface area (Å²) in [6.07, 6.45) is 9.14. The first-order chi connectivity index (χ1) is 22.9. The van der Waals surface area contributed by atoms with E-state index < -0.39 is 0 Å². The van der Waals surface area contributed by atoms with Gasteiger partial charge in [-0.1, -0.05) is 115 Å². The number of nitrogens with zero attached hydrogens (tertiary/aromatic N) is 3. The zero-order valence-corrected chi connectivity index (χ0v) is 25.2. The number of allylic oxidation sites excluding steroid dienone is 2. The third kappa shape index (κ3) is 3.55. The molecular weight excluding hydrogens is 557 g/mol. The van der Waals surface area contributed by atoms with Gasteiger partial charge in [0.15, 0.2) is 0 Å². The maximum atomic E-state index is 2.57. The Morgan fingerprint density at radius 2 is 0.935 bits per heavy atom. The summed E-state index contributed by atoms with van der Waals surface area (Å²) >= 11 is 0. The third-order valence-corrected chi connectivity index (χ3v) is 10.1. The van der Waals surface area contributed by atoms with Crippen molar-refractivity contribution in [1.82, 2.24) is 0 Å². The molecule has 0 aromatic heterocycles. The van der Waals surface area contributed by atoms with E-state index in [1.807, 2.05) is 0 Å². The van der Waals surface area contributed by atoms with Gasteiger partial charge in [0, 0.05) is 51.4 Å². The topological polar surface area (TPSA) is 9.72 Å². The number of anilines is 8. The summed E-state index contributed by atoms with van der Waals surface area (Å²) in [5, 5.41) is 0. The lowest BCUT2D eigenvalue weighted by Crippen LogP contribution is -2.61. The number of fused-ring (bicyclic) bond motifs is 7. The van der Waals surface area contributed by atoms with Crippen molar-refractivity contribution in [2.45, 2.75) is 12.0 Å². The first kappa shape index (κ1) is 25.6. The van der Waals surface area contributed by atoms with E-state index in [1.54, 1.807) is 0 Å². The SMILES string of the molecule is C1=CC2c3ccccc3N(c3cc4c5c(c3)N(c3ccccc3)c3ccccc3B5c3ccccc3N4c3ccccc3)C2C=C1. The molecule has 6 aromatic carbocycles. The van der Waals surface area contributed by atoms with Crippen LogP contribution in [0.4, 0.5) is 45.5 Å². The molecule has 46 heavy (non-hydrogen) atoms. The summed E-state index contributed by atoms with van der Waals surface area (Å²) < 4.78 is 0. The fraction of sp³-hybridized carbons (Fsp3) is 0.0476. The van der Waals surface area contributed by atoms with Crippen LogP contribution >= 0.6 is 0 Å². The van der Waals surface area contributed by atoms with E-state index in [9.17, 15) is 0 Å². The molecule has 0 saturated heterocycles. The molecule has 3 aliphatic heterocycles. The predicted octanol–water partition coefficient (Wildman–Crippen LogP) is 8.50. The van der Waals surface area contributed by atoms with Gasteiger partial charge in [0.1, 0.15) is 0 Å². The molecule has 6 aromatic rings. The molecule has 216 valence electrons. The van der Waals surface area contributed by atoms with Gasteiger partial charge in [0.25, 0.3) is 6.71 Å². The minimum Gasteiger partial charge on any atom is -0.333 e. The Labute approximate surface area is 270 Å². The smallest absolute Gasteiger partial charge is 0.252 e. The first-order valence-electron chi connectivity index (χ1n) is 16.2. The van der Waals surface area contributed by atoms with Gasteiger partial charge >= 0.3 is 0 Å². The molecule has 1 aliphatic carbocycles. The Kier molecular flexibility index (Phi) is 5.50. The Morgan fingerprint density at radius 3 is 1.54 bits per heavy atom. The van der Waals surface area contributed by atoms with Gasteiger partial charge in [-0.05, 0) is 76.5 Å². The number of hydrogen-bond donors (Lipinski definition) is 0. The van der Waals surface area contributed by atoms with Gasteiger partial charge < -0.3 is 14.7 Å². The van der Waals surface area contributed by atoms with Crippen molar-refractivity contribution < 1.29 is 0 Å². The molecular formula is C42H30BN3. The van der Waals surface area contributed by atoms with Crippen LogP contribution in [0.5, 0.6) is 0 Å². The summed E-state index contributed by atoms with van der Waals surface area (Å²) in [6, 6.07) is 53.8. The van der Waals surface area contributed by atoms with Crippen molar-refractivity contribution in [3.05, 3.63) is 175 Å². The number of rotatable bonds is 3. The third-order valence-electron chi connectivity index (χ3n) is 10.1. The van der Waals surface area contributed by atoms with E-state index in [0.29, 0.717) is 5.92 Å². The average Bonchev–Trinajstić information content (AvgIpc) is 3.46. The highest BCUT2D eigenvalue weighted by atomic mass is 15.2. The second-order valence-corrected chi connectivity index (χ2v) is 12.5. The molecule has 2 atom stereocenters. The molecule has 10 rings (SSSR count). The quantitative estimate of drug-likeness (QED) is 0.192. The van der Waals surface area contributed by atoms with Crippen LogP contribution in [-0.4, -0.2) is 12.8 Å². The molecule has 0 bridgehead atoms. The van der Waals surface area contributed by atoms with Crippen LogP contribution < -0.4 is 31.1 Å². The Morgan fingerprint density at radius 1 is 0.435 bits per heavy atom. The minimum atomic E-state index is 0.113. The van der Waals surface area contributed by atoms with Gasteiger partial charge in [-0.2, -0.15) is 0 Å². The highest BCUT2D eigenvalue weighted by molar-refractivity contribution is 7.00. The summed E-state index contributed by atoms with van der Waals surface area (Å²) in [5.74, 6) is 0.318. The first-order valence-corrected chi connectivity index (χ1v) is 16.2. The highest BCUT2D eigenvalue weighted by Gasteiger charge is 2.45. The number of hydrogen-bond acceptors (Lipinski definition) is 3. The van der Waals surface area contributed by atoms with Gasteiger partial charge in [0.2, 0.25) is 0 Å². The van der Waals surface area contributed by atoms with Crippen molar-refractivity contribution in [2.75, 3.05) is 14.7 Å². The summed E-state index contributed by atoms with van der Waals surface area (Å²) in [7, 11) is 0. The van der Waals surface area contributed by atoms with Gasteiger partial charge in [0.05, 0.1) is 6.04 Å². The maximum Gasteiger partial charge on any atom is 0.252 e. The van der Waals surface area contributed by atoms with E-state index in [4.69, 9.17) is 0 Å². The van der Waals surface area contributed by atoms with Crippen LogP contribution in [0.1, 0.15) is 11.5 Å². The Bertz CT molecular complexity index is 2090. The molecule has 3 heterocycles. The molecule has 0 spiro atoms. The summed E-state index contributed by atoms with van der Waals surface area (Å²) in [5.41, 5.74) is 15.1. The maximum absolute atomic E-state index is 2.57. The lowest BCUT2D eigenvalue weighted by molar-refractivity contribution is 0.745. The monoisotopic (exact) mass is 587 g/mol. The highest BCUT2D eigenvalue weighted by Crippen LogP contribution is 2.51. The average molecular weight is 588 g/mol. The van der Waals surface area contributed by atoms with Crippen LogP contribution in [0.3, 0.4) is 0 Å². The lowest BCUT2D eigenvalue weighted by atomic mass is 9.33. The second-order valence-electron chi connectivity index (χ2n) is 12.5. The molecule has 0 fully saturated rings. The van der Waals surface area contributed by atoms with Crippen molar-refractivity contribution in [2.24, 2.45) is 0 Å². The van der Waals surface area contributed by atoms with E-state index in [2.05, 4.69) is 185 Å². The largest absolute Gasteiger partial charge is 0.333 e. The van der Waals surface area contributed by atoms with Crippen molar-refractivity contribution in [3.8, 4) is 0 Å². The van der Waals surface area contributed by atoms with Crippen molar-refractivity contribution in [1.29, 1.82) is 0 Å². The summed E-state index contributed by atoms with van der Waals surface area (Å²) in [4.78, 5) is 7.54. The molecule has 4 heteroatoms. The normalized spacial score (nSPS) is 18.1. The Hall–Kier alpha value is -5.74. The fourth-order valence-electron chi connectivity index (χ4n) is 8.32. The molecule has 0 saturated carbocycles. The van der Waals surface area contributed by atoms with Crippen LogP contribution in [-0.2, 0) is 0 Å². The number of benzene rings is 6. The zero-order valence-electron chi connectivity index (χ0n) is 25.2. The molecule has 0 amide bonds. The van der Waals surface area contributed by atoms with E-state index >= 15 is 0 Å². The van der Waals surface area contributed by atoms with Crippen LogP contribution in [0.15, 0.2) is 170 Å². The van der Waals surface area contributed by atoms with Gasteiger partial charge in [-0.3, -0.25) is 0 Å². The van der Waals surface area contributed by atoms with Crippen molar-refractivity contribution >= 4 is 68.6 Å². The second kappa shape index (κ2) is 9.88. The summed E-state index contributed by atoms with van der Waals surface area (Å²) in [6.45, 7) is 0.113. The van der Waals surface area contributed by atoms with E-state index in [-0.39, 0.29) is 12.8 Å². The predicted molar refractivity (Wildman–Crippen MR) is 194 cm³/mol. The van der Waals surface area contributed by atoms with Crippen molar-refractivity contribution in [3.63, 3.8) is 0 Å². The molecule has 0 N–H and O–H groups in total. The minimum absolute atomic E-state index is 0.113. The van der Waals surface area contributed by atoms with Crippen LogP contribution in [0, 0.1) is 0 Å². The van der Waals surface area contributed by atoms with E-state index in [1.165, 1.54) is 56.1 Å². The van der Waals surface area contributed by atoms with Gasteiger partial charge in [-0.25, -0.2) is 0 Å². The fourth-order valence-corrected chi connectivity index (χ4v) is 8.32. The van der Waals surface area contributed by atoms with Gasteiger partial charge in [-0.15, -0.1) is 0 Å². The lowest BCUT2D eigenvalue weighted by Gasteiger charge is -2.45. The van der Waals surface area contributed by atoms with Crippen LogP contribution in [0.25, 0.3) is 0 Å².